The van der Waals surface area contributed by atoms with Crippen LogP contribution in [0.5, 0.6) is 5.75 Å². The predicted molar refractivity (Wildman–Crippen MR) is 99.4 cm³/mol. The van der Waals surface area contributed by atoms with E-state index < -0.39 is 0 Å². The van der Waals surface area contributed by atoms with Crippen molar-refractivity contribution in [2.24, 2.45) is 0 Å². The maximum absolute atomic E-state index is 13.2. The van der Waals surface area contributed by atoms with Gasteiger partial charge in [0.2, 0.25) is 0 Å². The van der Waals surface area contributed by atoms with Crippen molar-refractivity contribution in [3.63, 3.8) is 0 Å². The first kappa shape index (κ1) is 16.6. The molecule has 0 radical (unpaired) electrons. The molecule has 0 saturated carbocycles. The van der Waals surface area contributed by atoms with Crippen LogP contribution in [0.25, 0.3) is 11.0 Å². The third-order valence-corrected chi connectivity index (χ3v) is 5.02. The van der Waals surface area contributed by atoms with Crippen molar-refractivity contribution in [3.8, 4) is 5.75 Å². The second kappa shape index (κ2) is 6.44. The fourth-order valence-corrected chi connectivity index (χ4v) is 3.68. The number of pyridine rings is 1. The smallest absolute Gasteiger partial charge is 0.258 e. The Labute approximate surface area is 152 Å². The molecule has 4 rings (SSSR count). The molecule has 1 amide bonds. The minimum atomic E-state index is -0.0486. The van der Waals surface area contributed by atoms with Crippen LogP contribution in [0.1, 0.15) is 46.3 Å². The number of benzene rings is 1. The molecule has 6 nitrogen and oxygen atoms in total. The van der Waals surface area contributed by atoms with Crippen molar-refractivity contribution in [3.05, 3.63) is 53.1 Å². The summed E-state index contributed by atoms with van der Waals surface area (Å²) in [5, 5.41) is 0. The molecular formula is C20H22N4O2. The van der Waals surface area contributed by atoms with Gasteiger partial charge in [0.15, 0.2) is 0 Å². The number of nitrogens with one attached hydrogen (secondary N) is 1. The molecule has 1 fully saturated rings. The van der Waals surface area contributed by atoms with Gasteiger partial charge >= 0.3 is 0 Å². The molecule has 2 aromatic heterocycles. The molecule has 0 aliphatic carbocycles. The molecule has 1 N–H and O–H groups in total. The topological polar surface area (TPSA) is 71.1 Å². The third kappa shape index (κ3) is 2.71. The molecule has 1 saturated heterocycles. The summed E-state index contributed by atoms with van der Waals surface area (Å²) in [5.41, 5.74) is 4.46. The Morgan fingerprint density at radius 3 is 2.96 bits per heavy atom. The Morgan fingerprint density at radius 1 is 1.35 bits per heavy atom. The fraction of sp³-hybridized carbons (Fsp3) is 0.350. The number of carbonyl (C=O) groups is 1. The normalized spacial score (nSPS) is 17.0. The zero-order valence-corrected chi connectivity index (χ0v) is 15.2. The van der Waals surface area contributed by atoms with Crippen LogP contribution in [-0.2, 0) is 0 Å². The number of nitrogens with zero attached hydrogens (tertiary/aromatic N) is 3. The Hall–Kier alpha value is -2.89. The minimum Gasteiger partial charge on any atom is -0.494 e. The lowest BCUT2D eigenvalue weighted by Gasteiger charge is -2.24. The molecule has 1 aliphatic rings. The van der Waals surface area contributed by atoms with Crippen molar-refractivity contribution in [2.75, 3.05) is 13.7 Å². The molecule has 26 heavy (non-hydrogen) atoms. The molecule has 1 aliphatic heterocycles. The minimum absolute atomic E-state index is 0.0352. The number of para-hydroxylation sites is 1. The largest absolute Gasteiger partial charge is 0.494 e. The first-order chi connectivity index (χ1) is 12.6. The van der Waals surface area contributed by atoms with E-state index in [1.807, 2.05) is 24.0 Å². The molecule has 3 aromatic rings. The van der Waals surface area contributed by atoms with Crippen LogP contribution < -0.4 is 4.74 Å². The number of aromatic amines is 1. The first-order valence-electron chi connectivity index (χ1n) is 8.85. The summed E-state index contributed by atoms with van der Waals surface area (Å²) < 4.78 is 5.35. The molecule has 6 heteroatoms. The van der Waals surface area contributed by atoms with Crippen LogP contribution >= 0.6 is 0 Å². The number of hydrogen-bond donors (Lipinski definition) is 1. The van der Waals surface area contributed by atoms with Gasteiger partial charge in [0, 0.05) is 12.2 Å². The SMILES string of the molecule is COc1cnc(C)cc1C(=O)N1CCCC1c1nc2c(C)cccc2[nH]1. The van der Waals surface area contributed by atoms with Gasteiger partial charge in [-0.25, -0.2) is 4.98 Å². The number of H-pyrrole nitrogens is 1. The van der Waals surface area contributed by atoms with Crippen molar-refractivity contribution >= 4 is 16.9 Å². The number of hydrogen-bond acceptors (Lipinski definition) is 4. The molecule has 0 bridgehead atoms. The molecule has 1 aromatic carbocycles. The van der Waals surface area contributed by atoms with Crippen LogP contribution in [-0.4, -0.2) is 39.4 Å². The van der Waals surface area contributed by atoms with Crippen molar-refractivity contribution in [2.45, 2.75) is 32.7 Å². The van der Waals surface area contributed by atoms with Gasteiger partial charge in [-0.2, -0.15) is 0 Å². The molecule has 134 valence electrons. The van der Waals surface area contributed by atoms with E-state index in [-0.39, 0.29) is 11.9 Å². The maximum atomic E-state index is 13.2. The van der Waals surface area contributed by atoms with E-state index in [9.17, 15) is 4.79 Å². The summed E-state index contributed by atoms with van der Waals surface area (Å²) in [4.78, 5) is 27.5. The van der Waals surface area contributed by atoms with Gasteiger partial charge in [-0.15, -0.1) is 0 Å². The Bertz CT molecular complexity index is 979. The molecule has 1 unspecified atom stereocenters. The summed E-state index contributed by atoms with van der Waals surface area (Å²) in [7, 11) is 1.56. The lowest BCUT2D eigenvalue weighted by Crippen LogP contribution is -2.31. The lowest BCUT2D eigenvalue weighted by atomic mass is 10.1. The van der Waals surface area contributed by atoms with Crippen molar-refractivity contribution in [1.29, 1.82) is 0 Å². The average molecular weight is 350 g/mol. The van der Waals surface area contributed by atoms with Gasteiger partial charge < -0.3 is 14.6 Å². The van der Waals surface area contributed by atoms with Crippen LogP contribution in [0, 0.1) is 13.8 Å². The van der Waals surface area contributed by atoms with Gasteiger partial charge in [-0.05, 0) is 44.4 Å². The monoisotopic (exact) mass is 350 g/mol. The number of aryl methyl sites for hydroxylation is 2. The summed E-state index contributed by atoms with van der Waals surface area (Å²) in [6, 6.07) is 7.83. The number of ether oxygens (including phenoxy) is 1. The quantitative estimate of drug-likeness (QED) is 0.784. The third-order valence-electron chi connectivity index (χ3n) is 5.02. The second-order valence-electron chi connectivity index (χ2n) is 6.78. The predicted octanol–water partition coefficient (Wildman–Crippen LogP) is 3.56. The fourth-order valence-electron chi connectivity index (χ4n) is 3.68. The Balaban J connectivity index is 1.71. The van der Waals surface area contributed by atoms with E-state index >= 15 is 0 Å². The van der Waals surface area contributed by atoms with Gasteiger partial charge in [0.05, 0.1) is 35.9 Å². The number of aromatic nitrogens is 3. The Kier molecular flexibility index (Phi) is 4.11. The average Bonchev–Trinajstić information content (AvgIpc) is 3.28. The van der Waals surface area contributed by atoms with E-state index in [1.54, 1.807) is 19.4 Å². The summed E-state index contributed by atoms with van der Waals surface area (Å²) in [5.74, 6) is 1.32. The number of methoxy groups -OCH3 is 1. The van der Waals surface area contributed by atoms with E-state index in [2.05, 4.69) is 23.0 Å². The highest BCUT2D eigenvalue weighted by atomic mass is 16.5. The van der Waals surface area contributed by atoms with E-state index in [0.717, 1.165) is 41.0 Å². The van der Waals surface area contributed by atoms with Gasteiger partial charge in [0.1, 0.15) is 11.6 Å². The summed E-state index contributed by atoms with van der Waals surface area (Å²) in [6.07, 6.45) is 3.47. The maximum Gasteiger partial charge on any atom is 0.258 e. The van der Waals surface area contributed by atoms with Crippen LogP contribution in [0.2, 0.25) is 0 Å². The highest BCUT2D eigenvalue weighted by Crippen LogP contribution is 2.34. The highest BCUT2D eigenvalue weighted by Gasteiger charge is 2.34. The number of carbonyl (C=O) groups excluding carboxylic acids is 1. The summed E-state index contributed by atoms with van der Waals surface area (Å²) >= 11 is 0. The zero-order valence-electron chi connectivity index (χ0n) is 15.2. The molecule has 3 heterocycles. The molecule has 1 atom stereocenters. The first-order valence-corrected chi connectivity index (χ1v) is 8.85. The lowest BCUT2D eigenvalue weighted by molar-refractivity contribution is 0.0727. The number of imidazole rings is 1. The van der Waals surface area contributed by atoms with Crippen LogP contribution in [0.4, 0.5) is 0 Å². The standard InChI is InChI=1S/C20H22N4O2/c1-12-6-4-7-15-18(12)23-19(22-15)16-8-5-9-24(16)20(25)14-10-13(2)21-11-17(14)26-3/h4,6-7,10-11,16H,5,8-9H2,1-3H3,(H,22,23). The highest BCUT2D eigenvalue weighted by molar-refractivity contribution is 5.97. The van der Waals surface area contributed by atoms with Gasteiger partial charge in [0.25, 0.3) is 5.91 Å². The van der Waals surface area contributed by atoms with Gasteiger partial charge in [-0.1, -0.05) is 12.1 Å². The number of rotatable bonds is 3. The van der Waals surface area contributed by atoms with Crippen LogP contribution in [0.15, 0.2) is 30.5 Å². The van der Waals surface area contributed by atoms with E-state index in [0.29, 0.717) is 17.9 Å². The van der Waals surface area contributed by atoms with E-state index in [4.69, 9.17) is 9.72 Å². The second-order valence-corrected chi connectivity index (χ2v) is 6.78. The Morgan fingerprint density at radius 2 is 2.19 bits per heavy atom. The van der Waals surface area contributed by atoms with Gasteiger partial charge in [-0.3, -0.25) is 9.78 Å². The molecule has 0 spiro atoms. The van der Waals surface area contributed by atoms with E-state index in [1.165, 1.54) is 0 Å². The number of amides is 1. The number of fused-ring (bicyclic) bond motifs is 1. The van der Waals surface area contributed by atoms with Crippen molar-refractivity contribution in [1.82, 2.24) is 19.9 Å². The summed E-state index contributed by atoms with van der Waals surface area (Å²) in [6.45, 7) is 4.64. The molecular weight excluding hydrogens is 328 g/mol. The number of likely N-dealkylation sites (tertiary alicyclic amines) is 1. The zero-order chi connectivity index (χ0) is 18.3. The van der Waals surface area contributed by atoms with Crippen molar-refractivity contribution < 1.29 is 9.53 Å². The van der Waals surface area contributed by atoms with Crippen LogP contribution in [0.3, 0.4) is 0 Å².